The highest BCUT2D eigenvalue weighted by atomic mass is 32.1. The molecule has 0 aliphatic rings. The number of hydrogen-bond donors (Lipinski definition) is 3. The van der Waals surface area contributed by atoms with Crippen molar-refractivity contribution in [1.82, 2.24) is 4.98 Å². The van der Waals surface area contributed by atoms with Crippen LogP contribution >= 0.6 is 11.3 Å². The molecule has 0 bridgehead atoms. The van der Waals surface area contributed by atoms with E-state index in [9.17, 15) is 5.11 Å². The molecule has 1 atom stereocenters. The number of anilines is 2. The summed E-state index contributed by atoms with van der Waals surface area (Å²) in [6.07, 6.45) is 0.706. The Morgan fingerprint density at radius 3 is 3.00 bits per heavy atom. The van der Waals surface area contributed by atoms with Crippen LogP contribution in [-0.2, 0) is 0 Å². The first-order valence-corrected chi connectivity index (χ1v) is 6.44. The molecule has 1 heterocycles. The molecule has 92 valence electrons. The van der Waals surface area contributed by atoms with E-state index in [0.29, 0.717) is 13.0 Å². The Hall–Kier alpha value is -1.33. The van der Waals surface area contributed by atoms with Crippen LogP contribution in [0.2, 0.25) is 0 Å². The van der Waals surface area contributed by atoms with Gasteiger partial charge in [-0.05, 0) is 31.5 Å². The minimum Gasteiger partial charge on any atom is -0.399 e. The average Bonchev–Trinajstić information content (AvgIpc) is 2.68. The molecule has 17 heavy (non-hydrogen) atoms. The van der Waals surface area contributed by atoms with E-state index >= 15 is 0 Å². The first kappa shape index (κ1) is 12.1. The van der Waals surface area contributed by atoms with Crippen molar-refractivity contribution in [3.05, 3.63) is 18.2 Å². The lowest BCUT2D eigenvalue weighted by Gasteiger charge is -2.21. The zero-order chi connectivity index (χ0) is 12.5. The number of fused-ring (bicyclic) bond motifs is 1. The maximum atomic E-state index is 9.90. The molecule has 0 fully saturated rings. The molecule has 0 saturated carbocycles. The Labute approximate surface area is 104 Å². The topological polar surface area (TPSA) is 71.2 Å². The normalized spacial score (nSPS) is 14.8. The summed E-state index contributed by atoms with van der Waals surface area (Å²) in [7, 11) is 0. The number of benzene rings is 1. The van der Waals surface area contributed by atoms with Crippen LogP contribution in [-0.4, -0.2) is 22.2 Å². The van der Waals surface area contributed by atoms with Gasteiger partial charge in [-0.25, -0.2) is 4.98 Å². The van der Waals surface area contributed by atoms with Crippen LogP contribution in [0.15, 0.2) is 18.2 Å². The van der Waals surface area contributed by atoms with Crippen molar-refractivity contribution in [3.8, 4) is 0 Å². The van der Waals surface area contributed by atoms with Gasteiger partial charge in [-0.3, -0.25) is 0 Å². The van der Waals surface area contributed by atoms with Gasteiger partial charge in [0.2, 0.25) is 0 Å². The lowest BCUT2D eigenvalue weighted by molar-refractivity contribution is 0.0697. The second-order valence-electron chi connectivity index (χ2n) is 4.45. The van der Waals surface area contributed by atoms with E-state index in [1.807, 2.05) is 32.0 Å². The van der Waals surface area contributed by atoms with Gasteiger partial charge in [0, 0.05) is 12.2 Å². The summed E-state index contributed by atoms with van der Waals surface area (Å²) in [6, 6.07) is 5.66. The van der Waals surface area contributed by atoms with Gasteiger partial charge >= 0.3 is 0 Å². The van der Waals surface area contributed by atoms with Crippen molar-refractivity contribution in [3.63, 3.8) is 0 Å². The number of nitrogen functional groups attached to an aromatic ring is 1. The molecule has 2 aromatic rings. The summed E-state index contributed by atoms with van der Waals surface area (Å²) in [6.45, 7) is 4.27. The molecule has 2 rings (SSSR count). The number of aromatic nitrogens is 1. The minimum atomic E-state index is -0.698. The zero-order valence-electron chi connectivity index (χ0n) is 10.0. The molecular weight excluding hydrogens is 234 g/mol. The first-order valence-electron chi connectivity index (χ1n) is 5.62. The van der Waals surface area contributed by atoms with E-state index in [4.69, 9.17) is 5.73 Å². The second-order valence-corrected chi connectivity index (χ2v) is 5.48. The third-order valence-electron chi connectivity index (χ3n) is 2.79. The van der Waals surface area contributed by atoms with Crippen LogP contribution in [0.3, 0.4) is 0 Å². The smallest absolute Gasteiger partial charge is 0.183 e. The summed E-state index contributed by atoms with van der Waals surface area (Å²) >= 11 is 1.55. The van der Waals surface area contributed by atoms with E-state index in [1.165, 1.54) is 0 Å². The maximum absolute atomic E-state index is 9.90. The highest BCUT2D eigenvalue weighted by Gasteiger charge is 2.17. The van der Waals surface area contributed by atoms with Crippen molar-refractivity contribution in [2.45, 2.75) is 25.9 Å². The Morgan fingerprint density at radius 2 is 2.29 bits per heavy atom. The molecule has 1 aromatic carbocycles. The van der Waals surface area contributed by atoms with Crippen molar-refractivity contribution >= 4 is 32.4 Å². The fraction of sp³-hybridized carbons (Fsp3) is 0.417. The predicted octanol–water partition coefficient (Wildman–Crippen LogP) is 2.45. The maximum Gasteiger partial charge on any atom is 0.183 e. The van der Waals surface area contributed by atoms with Crippen molar-refractivity contribution in [2.24, 2.45) is 0 Å². The largest absolute Gasteiger partial charge is 0.399 e. The third-order valence-corrected chi connectivity index (χ3v) is 3.77. The number of nitrogens with two attached hydrogens (primary N) is 1. The number of nitrogens with one attached hydrogen (secondary N) is 1. The Bertz CT molecular complexity index is 521. The third kappa shape index (κ3) is 2.87. The molecule has 0 amide bonds. The van der Waals surface area contributed by atoms with Crippen LogP contribution in [0.25, 0.3) is 10.2 Å². The predicted molar refractivity (Wildman–Crippen MR) is 73.4 cm³/mol. The highest BCUT2D eigenvalue weighted by Crippen LogP contribution is 2.27. The van der Waals surface area contributed by atoms with Crippen LogP contribution in [0, 0.1) is 0 Å². The average molecular weight is 251 g/mol. The van der Waals surface area contributed by atoms with Gasteiger partial charge in [-0.15, -0.1) is 0 Å². The van der Waals surface area contributed by atoms with E-state index in [0.717, 1.165) is 21.0 Å². The van der Waals surface area contributed by atoms with E-state index < -0.39 is 5.60 Å². The minimum absolute atomic E-state index is 0.499. The molecule has 0 aliphatic carbocycles. The van der Waals surface area contributed by atoms with Gasteiger partial charge in [0.1, 0.15) is 0 Å². The fourth-order valence-corrected chi connectivity index (χ4v) is 2.32. The zero-order valence-corrected chi connectivity index (χ0v) is 10.8. The summed E-state index contributed by atoms with van der Waals surface area (Å²) in [5, 5.41) is 13.9. The number of rotatable bonds is 4. The van der Waals surface area contributed by atoms with Crippen molar-refractivity contribution in [1.29, 1.82) is 0 Å². The van der Waals surface area contributed by atoms with Gasteiger partial charge < -0.3 is 16.2 Å². The molecule has 0 aliphatic heterocycles. The van der Waals surface area contributed by atoms with Gasteiger partial charge in [0.25, 0.3) is 0 Å². The second kappa shape index (κ2) is 4.50. The monoisotopic (exact) mass is 251 g/mol. The van der Waals surface area contributed by atoms with Gasteiger partial charge in [-0.1, -0.05) is 18.3 Å². The lowest BCUT2D eigenvalue weighted by Crippen LogP contribution is -2.32. The number of aliphatic hydroxyl groups is 1. The van der Waals surface area contributed by atoms with E-state index in [2.05, 4.69) is 10.3 Å². The van der Waals surface area contributed by atoms with Crippen LogP contribution < -0.4 is 11.1 Å². The van der Waals surface area contributed by atoms with Gasteiger partial charge in [0.15, 0.2) is 5.13 Å². The summed E-state index contributed by atoms with van der Waals surface area (Å²) < 4.78 is 1.06. The van der Waals surface area contributed by atoms with Crippen molar-refractivity contribution in [2.75, 3.05) is 17.6 Å². The summed E-state index contributed by atoms with van der Waals surface area (Å²) in [5.41, 5.74) is 6.70. The molecule has 5 heteroatoms. The van der Waals surface area contributed by atoms with E-state index in [-0.39, 0.29) is 0 Å². The molecule has 4 N–H and O–H groups in total. The summed E-state index contributed by atoms with van der Waals surface area (Å²) in [5.74, 6) is 0. The van der Waals surface area contributed by atoms with Crippen molar-refractivity contribution < 1.29 is 5.11 Å². The fourth-order valence-electron chi connectivity index (χ4n) is 1.41. The first-order chi connectivity index (χ1) is 8.00. The Morgan fingerprint density at radius 1 is 1.53 bits per heavy atom. The molecular formula is C12H17N3OS. The quantitative estimate of drug-likeness (QED) is 0.730. The standard InChI is InChI=1S/C12H17N3OS/c1-3-12(2,16)7-14-11-15-9-5-4-8(13)6-10(9)17-11/h4-6,16H,3,7,13H2,1-2H3,(H,14,15). The Kier molecular flexibility index (Phi) is 3.22. The summed E-state index contributed by atoms with van der Waals surface area (Å²) in [4.78, 5) is 4.43. The molecule has 0 radical (unpaired) electrons. The van der Waals surface area contributed by atoms with Gasteiger partial charge in [-0.2, -0.15) is 0 Å². The van der Waals surface area contributed by atoms with Crippen LogP contribution in [0.1, 0.15) is 20.3 Å². The molecule has 4 nitrogen and oxygen atoms in total. The molecule has 1 unspecified atom stereocenters. The van der Waals surface area contributed by atoms with Gasteiger partial charge in [0.05, 0.1) is 15.8 Å². The number of thiazole rings is 1. The molecule has 0 saturated heterocycles. The SMILES string of the molecule is CCC(C)(O)CNc1nc2ccc(N)cc2s1. The number of hydrogen-bond acceptors (Lipinski definition) is 5. The molecule has 1 aromatic heterocycles. The van der Waals surface area contributed by atoms with Crippen LogP contribution in [0.4, 0.5) is 10.8 Å². The van der Waals surface area contributed by atoms with Crippen LogP contribution in [0.5, 0.6) is 0 Å². The molecule has 0 spiro atoms. The number of nitrogens with zero attached hydrogens (tertiary/aromatic N) is 1. The highest BCUT2D eigenvalue weighted by molar-refractivity contribution is 7.22. The lowest BCUT2D eigenvalue weighted by atomic mass is 10.0. The Balaban J connectivity index is 2.15. The van der Waals surface area contributed by atoms with E-state index in [1.54, 1.807) is 11.3 Å².